The van der Waals surface area contributed by atoms with Gasteiger partial charge in [-0.3, -0.25) is 0 Å². The van der Waals surface area contributed by atoms with Crippen molar-refractivity contribution in [3.8, 4) is 0 Å². The summed E-state index contributed by atoms with van der Waals surface area (Å²) in [4.78, 5) is 0. The van der Waals surface area contributed by atoms with Crippen LogP contribution in [-0.2, 0) is 0 Å². The molecule has 0 amide bonds. The van der Waals surface area contributed by atoms with Crippen LogP contribution in [0.3, 0.4) is 0 Å². The maximum Gasteiger partial charge on any atom is 0.0121 e. The van der Waals surface area contributed by atoms with Crippen molar-refractivity contribution in [2.24, 2.45) is 27.6 Å². The van der Waals surface area contributed by atoms with Gasteiger partial charge in [-0.15, -0.1) is 0 Å². The molecule has 3 unspecified atom stereocenters. The van der Waals surface area contributed by atoms with Crippen LogP contribution in [-0.4, -0.2) is 13.1 Å². The Kier molecular flexibility index (Phi) is 3.57. The molecule has 4 aliphatic rings. The molecule has 122 valence electrons. The lowest BCUT2D eigenvalue weighted by Gasteiger charge is -2.67. The van der Waals surface area contributed by atoms with Crippen molar-refractivity contribution in [3.05, 3.63) is 0 Å². The van der Waals surface area contributed by atoms with Crippen LogP contribution in [0.5, 0.6) is 0 Å². The summed E-state index contributed by atoms with van der Waals surface area (Å²) in [6.07, 6.45) is 11.7. The minimum atomic E-state index is 0.463. The van der Waals surface area contributed by atoms with Gasteiger partial charge in [-0.25, -0.2) is 0 Å². The highest BCUT2D eigenvalue weighted by Gasteiger charge is 2.61. The van der Waals surface area contributed by atoms with Crippen LogP contribution >= 0.6 is 0 Å². The Hall–Kier alpha value is -0.0400. The Morgan fingerprint density at radius 3 is 2.00 bits per heavy atom. The first kappa shape index (κ1) is 15.8. The van der Waals surface area contributed by atoms with Crippen LogP contribution < -0.4 is 5.32 Å². The zero-order valence-corrected chi connectivity index (χ0v) is 15.3. The van der Waals surface area contributed by atoms with Crippen LogP contribution in [0.2, 0.25) is 0 Å². The molecular formula is C20H37N. The van der Waals surface area contributed by atoms with Gasteiger partial charge in [0.05, 0.1) is 0 Å². The van der Waals surface area contributed by atoms with Gasteiger partial charge >= 0.3 is 0 Å². The molecule has 3 atom stereocenters. The maximum absolute atomic E-state index is 3.77. The molecule has 1 N–H and O–H groups in total. The predicted molar refractivity (Wildman–Crippen MR) is 91.4 cm³/mol. The first-order chi connectivity index (χ1) is 9.57. The van der Waals surface area contributed by atoms with Crippen molar-refractivity contribution in [3.63, 3.8) is 0 Å². The fraction of sp³-hybridized carbons (Fsp3) is 1.00. The average molecular weight is 292 g/mol. The molecule has 0 aromatic rings. The van der Waals surface area contributed by atoms with Crippen molar-refractivity contribution < 1.29 is 0 Å². The molecule has 0 radical (unpaired) electrons. The maximum atomic E-state index is 3.77. The zero-order chi connectivity index (χ0) is 15.5. The minimum Gasteiger partial charge on any atom is -0.316 e. The third-order valence-electron chi connectivity index (χ3n) is 6.94. The van der Waals surface area contributed by atoms with Crippen molar-refractivity contribution in [2.75, 3.05) is 7.05 Å². The predicted octanol–water partition coefficient (Wildman–Crippen LogP) is 5.40. The van der Waals surface area contributed by atoms with Gasteiger partial charge < -0.3 is 5.32 Å². The normalized spacial score (nSPS) is 46.9. The smallest absolute Gasteiger partial charge is 0.0121 e. The Labute approximate surface area is 132 Å². The van der Waals surface area contributed by atoms with E-state index in [0.717, 1.165) is 12.0 Å². The van der Waals surface area contributed by atoms with Gasteiger partial charge in [-0.05, 0) is 86.0 Å². The van der Waals surface area contributed by atoms with Gasteiger partial charge in [-0.1, -0.05) is 34.6 Å². The largest absolute Gasteiger partial charge is 0.316 e. The molecule has 4 aliphatic carbocycles. The molecule has 4 bridgehead atoms. The van der Waals surface area contributed by atoms with E-state index in [0.29, 0.717) is 21.7 Å². The van der Waals surface area contributed by atoms with E-state index in [1.54, 1.807) is 0 Å². The van der Waals surface area contributed by atoms with Crippen molar-refractivity contribution in [2.45, 2.75) is 92.0 Å². The molecule has 0 aliphatic heterocycles. The number of rotatable bonds is 4. The van der Waals surface area contributed by atoms with E-state index in [1.165, 1.54) is 51.4 Å². The summed E-state index contributed by atoms with van der Waals surface area (Å²) in [7, 11) is 2.22. The fourth-order valence-corrected chi connectivity index (χ4v) is 7.26. The molecule has 0 saturated heterocycles. The fourth-order valence-electron chi connectivity index (χ4n) is 7.26. The van der Waals surface area contributed by atoms with E-state index >= 15 is 0 Å². The second kappa shape index (κ2) is 4.73. The topological polar surface area (TPSA) is 12.0 Å². The van der Waals surface area contributed by atoms with Gasteiger partial charge in [0.15, 0.2) is 0 Å². The van der Waals surface area contributed by atoms with Crippen LogP contribution in [0.1, 0.15) is 86.0 Å². The SMILES string of the molecule is CNC(CCC(C)(C)C)C12CC3CC(C)(CC(C)(C3)C1)C2. The Morgan fingerprint density at radius 2 is 1.57 bits per heavy atom. The third kappa shape index (κ3) is 2.92. The molecule has 4 saturated carbocycles. The molecule has 1 nitrogen and oxygen atoms in total. The van der Waals surface area contributed by atoms with Crippen LogP contribution in [0.15, 0.2) is 0 Å². The van der Waals surface area contributed by atoms with E-state index in [-0.39, 0.29) is 0 Å². The summed E-state index contributed by atoms with van der Waals surface area (Å²) < 4.78 is 0. The molecule has 4 fully saturated rings. The quantitative estimate of drug-likeness (QED) is 0.731. The van der Waals surface area contributed by atoms with E-state index in [9.17, 15) is 0 Å². The molecule has 0 spiro atoms. The molecule has 4 rings (SSSR count). The van der Waals surface area contributed by atoms with Crippen molar-refractivity contribution in [1.82, 2.24) is 5.32 Å². The molecular weight excluding hydrogens is 254 g/mol. The Balaban J connectivity index is 1.82. The zero-order valence-electron chi connectivity index (χ0n) is 15.3. The lowest BCUT2D eigenvalue weighted by molar-refractivity contribution is -0.158. The highest BCUT2D eigenvalue weighted by Crippen LogP contribution is 2.70. The lowest BCUT2D eigenvalue weighted by Crippen LogP contribution is -2.61. The van der Waals surface area contributed by atoms with E-state index < -0.39 is 0 Å². The summed E-state index contributed by atoms with van der Waals surface area (Å²) in [6, 6.07) is 0.735. The summed E-state index contributed by atoms with van der Waals surface area (Å²) in [5, 5.41) is 3.77. The molecule has 0 aromatic carbocycles. The standard InChI is InChI=1S/C20H37N/c1-17(2,3)8-7-16(21-6)20-11-15-9-18(4,13-20)12-19(5,10-15)14-20/h15-16,21H,7-14H2,1-6H3. The molecule has 0 aromatic heterocycles. The summed E-state index contributed by atoms with van der Waals surface area (Å²) in [5.74, 6) is 1.02. The molecule has 21 heavy (non-hydrogen) atoms. The number of hydrogen-bond donors (Lipinski definition) is 1. The number of nitrogens with one attached hydrogen (secondary N) is 1. The number of hydrogen-bond acceptors (Lipinski definition) is 1. The summed E-state index contributed by atoms with van der Waals surface area (Å²) in [6.45, 7) is 12.4. The Bertz CT molecular complexity index is 387. The van der Waals surface area contributed by atoms with Crippen LogP contribution in [0, 0.1) is 27.6 Å². The second-order valence-electron chi connectivity index (χ2n) is 10.9. The molecule has 1 heteroatoms. The van der Waals surface area contributed by atoms with Crippen LogP contribution in [0.25, 0.3) is 0 Å². The van der Waals surface area contributed by atoms with Gasteiger partial charge in [0.25, 0.3) is 0 Å². The second-order valence-corrected chi connectivity index (χ2v) is 10.9. The monoisotopic (exact) mass is 291 g/mol. The van der Waals surface area contributed by atoms with Crippen molar-refractivity contribution in [1.29, 1.82) is 0 Å². The van der Waals surface area contributed by atoms with Crippen molar-refractivity contribution >= 4 is 0 Å². The summed E-state index contributed by atoms with van der Waals surface area (Å²) in [5.41, 5.74) is 2.35. The minimum absolute atomic E-state index is 0.463. The van der Waals surface area contributed by atoms with Crippen LogP contribution in [0.4, 0.5) is 0 Å². The van der Waals surface area contributed by atoms with E-state index in [4.69, 9.17) is 0 Å². The van der Waals surface area contributed by atoms with Gasteiger partial charge in [-0.2, -0.15) is 0 Å². The third-order valence-corrected chi connectivity index (χ3v) is 6.94. The lowest BCUT2D eigenvalue weighted by atomic mass is 9.39. The Morgan fingerprint density at radius 1 is 1.00 bits per heavy atom. The highest BCUT2D eigenvalue weighted by atomic mass is 14.9. The first-order valence-electron chi connectivity index (χ1n) is 9.25. The van der Waals surface area contributed by atoms with Gasteiger partial charge in [0.2, 0.25) is 0 Å². The molecule has 0 heterocycles. The van der Waals surface area contributed by atoms with E-state index in [2.05, 4.69) is 47.0 Å². The first-order valence-corrected chi connectivity index (χ1v) is 9.25. The average Bonchev–Trinajstić information content (AvgIpc) is 2.22. The highest BCUT2D eigenvalue weighted by molar-refractivity contribution is 5.13. The van der Waals surface area contributed by atoms with Gasteiger partial charge in [0, 0.05) is 6.04 Å². The van der Waals surface area contributed by atoms with E-state index in [1.807, 2.05) is 0 Å². The van der Waals surface area contributed by atoms with Gasteiger partial charge in [0.1, 0.15) is 0 Å². The summed E-state index contributed by atoms with van der Waals surface area (Å²) >= 11 is 0.